The predicted octanol–water partition coefficient (Wildman–Crippen LogP) is 6.42. The molecule has 0 saturated heterocycles. The van der Waals surface area contributed by atoms with Crippen molar-refractivity contribution in [1.82, 2.24) is 10.3 Å². The fourth-order valence-electron chi connectivity index (χ4n) is 2.72. The number of nitrogens with zero attached hydrogens (tertiary/aromatic N) is 1. The van der Waals surface area contributed by atoms with E-state index in [9.17, 15) is 13.2 Å². The minimum atomic E-state index is -4.56. The van der Waals surface area contributed by atoms with E-state index in [4.69, 9.17) is 12.2 Å². The van der Waals surface area contributed by atoms with Gasteiger partial charge in [0.05, 0.1) is 5.52 Å². The highest BCUT2D eigenvalue weighted by Gasteiger charge is 2.33. The summed E-state index contributed by atoms with van der Waals surface area (Å²) in [6.45, 7) is 15.2. The van der Waals surface area contributed by atoms with Gasteiger partial charge >= 0.3 is 6.18 Å². The van der Waals surface area contributed by atoms with Gasteiger partial charge in [-0.15, -0.1) is 0 Å². The van der Waals surface area contributed by atoms with E-state index in [0.29, 0.717) is 21.5 Å². The van der Waals surface area contributed by atoms with E-state index in [1.54, 1.807) is 25.1 Å². The molecule has 6 heteroatoms. The van der Waals surface area contributed by atoms with Gasteiger partial charge in [-0.1, -0.05) is 37.0 Å². The summed E-state index contributed by atoms with van der Waals surface area (Å²) in [5.41, 5.74) is 3.15. The van der Waals surface area contributed by atoms with Crippen LogP contribution in [0.15, 0.2) is 54.3 Å². The number of hydrogen-bond acceptors (Lipinski definition) is 3. The molecule has 1 heterocycles. The molecule has 2 nitrogen and oxygen atoms in total. The maximum atomic E-state index is 13.3. The lowest BCUT2D eigenvalue weighted by Crippen LogP contribution is -2.15. The maximum absolute atomic E-state index is 13.3. The van der Waals surface area contributed by atoms with Crippen LogP contribution in [0, 0.1) is 0 Å². The van der Waals surface area contributed by atoms with E-state index in [2.05, 4.69) is 23.5 Å². The van der Waals surface area contributed by atoms with Gasteiger partial charge in [-0.2, -0.15) is 13.2 Å². The molecule has 27 heavy (non-hydrogen) atoms. The first-order valence-corrected chi connectivity index (χ1v) is 8.65. The first kappa shape index (κ1) is 20.8. The van der Waals surface area contributed by atoms with Crippen LogP contribution in [0.4, 0.5) is 13.2 Å². The summed E-state index contributed by atoms with van der Waals surface area (Å²) in [6, 6.07) is 5.98. The highest BCUT2D eigenvalue weighted by molar-refractivity contribution is 7.80. The van der Waals surface area contributed by atoms with Gasteiger partial charge in [-0.25, -0.2) is 4.98 Å². The minimum Gasteiger partial charge on any atom is -0.355 e. The van der Waals surface area contributed by atoms with Crippen molar-refractivity contribution in [2.75, 3.05) is 0 Å². The largest absolute Gasteiger partial charge is 0.433 e. The van der Waals surface area contributed by atoms with Gasteiger partial charge < -0.3 is 5.32 Å². The summed E-state index contributed by atoms with van der Waals surface area (Å²) in [5.74, 6) is 0. The van der Waals surface area contributed by atoms with Crippen LogP contribution in [0.1, 0.15) is 44.5 Å². The lowest BCUT2D eigenvalue weighted by molar-refractivity contribution is -0.140. The zero-order chi connectivity index (χ0) is 20.5. The molecule has 2 rings (SSSR count). The van der Waals surface area contributed by atoms with Gasteiger partial charge in [0.2, 0.25) is 0 Å². The number of halogens is 3. The fourth-order valence-corrected chi connectivity index (χ4v) is 2.84. The zero-order valence-corrected chi connectivity index (χ0v) is 16.5. The standard InChI is InChI=1S/C21H21F3N2S/c1-11(2)20(12(3)4)25-13(5)16-10-19(21(22,23)24)26-18-8-7-15(14(6)27)9-17(16)18/h7-10,25H,1,5H2,2-4,6H3. The predicted molar refractivity (Wildman–Crippen MR) is 109 cm³/mol. The summed E-state index contributed by atoms with van der Waals surface area (Å²) >= 11 is 5.20. The molecule has 0 spiro atoms. The van der Waals surface area contributed by atoms with Gasteiger partial charge in [-0.3, -0.25) is 0 Å². The Labute approximate surface area is 162 Å². The third-order valence-electron chi connectivity index (χ3n) is 4.03. The first-order chi connectivity index (χ1) is 12.4. The van der Waals surface area contributed by atoms with Gasteiger partial charge in [-0.05, 0) is 57.0 Å². The number of aromatic nitrogens is 1. The summed E-state index contributed by atoms with van der Waals surface area (Å²) in [6.07, 6.45) is -4.56. The second kappa shape index (κ2) is 7.64. The minimum absolute atomic E-state index is 0.233. The van der Waals surface area contributed by atoms with Gasteiger partial charge in [0.1, 0.15) is 5.69 Å². The van der Waals surface area contributed by atoms with Gasteiger partial charge in [0.25, 0.3) is 0 Å². The molecule has 0 saturated carbocycles. The zero-order valence-electron chi connectivity index (χ0n) is 15.7. The quantitative estimate of drug-likeness (QED) is 0.362. The molecule has 0 aliphatic heterocycles. The van der Waals surface area contributed by atoms with Crippen molar-refractivity contribution in [1.29, 1.82) is 0 Å². The van der Waals surface area contributed by atoms with Crippen molar-refractivity contribution in [3.63, 3.8) is 0 Å². The number of rotatable bonds is 5. The smallest absolute Gasteiger partial charge is 0.355 e. The average molecular weight is 390 g/mol. The molecule has 2 aromatic rings. The van der Waals surface area contributed by atoms with Crippen molar-refractivity contribution in [3.8, 4) is 0 Å². The number of pyridine rings is 1. The van der Waals surface area contributed by atoms with Crippen LogP contribution < -0.4 is 5.32 Å². The van der Waals surface area contributed by atoms with Crippen LogP contribution in [-0.4, -0.2) is 9.85 Å². The Morgan fingerprint density at radius 3 is 2.19 bits per heavy atom. The van der Waals surface area contributed by atoms with Crippen molar-refractivity contribution in [3.05, 3.63) is 71.1 Å². The average Bonchev–Trinajstić information content (AvgIpc) is 2.56. The van der Waals surface area contributed by atoms with Crippen LogP contribution in [0.3, 0.4) is 0 Å². The summed E-state index contributed by atoms with van der Waals surface area (Å²) in [4.78, 5) is 4.42. The van der Waals surface area contributed by atoms with E-state index in [0.717, 1.165) is 28.5 Å². The number of alkyl halides is 3. The number of nitrogens with one attached hydrogen (secondary N) is 1. The third-order valence-corrected chi connectivity index (χ3v) is 4.27. The Hall–Kier alpha value is -2.47. The molecular weight excluding hydrogens is 369 g/mol. The normalized spacial score (nSPS) is 11.2. The van der Waals surface area contributed by atoms with Crippen molar-refractivity contribution < 1.29 is 13.2 Å². The van der Waals surface area contributed by atoms with Crippen molar-refractivity contribution in [2.45, 2.75) is 33.9 Å². The molecule has 1 aromatic carbocycles. The van der Waals surface area contributed by atoms with E-state index >= 15 is 0 Å². The van der Waals surface area contributed by atoms with Crippen LogP contribution in [0.2, 0.25) is 0 Å². The number of benzene rings is 1. The SMILES string of the molecule is C=C(C)C(NC(=C)c1cc(C(F)(F)F)nc2ccc(C(C)=S)cc12)=C(C)C. The third kappa shape index (κ3) is 4.63. The van der Waals surface area contributed by atoms with Crippen molar-refractivity contribution >= 4 is 33.7 Å². The van der Waals surface area contributed by atoms with Gasteiger partial charge in [0, 0.05) is 27.2 Å². The highest BCUT2D eigenvalue weighted by Crippen LogP contribution is 2.33. The second-order valence-electron chi connectivity index (χ2n) is 6.60. The molecule has 0 radical (unpaired) electrons. The Morgan fingerprint density at radius 1 is 1.07 bits per heavy atom. The van der Waals surface area contributed by atoms with E-state index in [-0.39, 0.29) is 5.52 Å². The van der Waals surface area contributed by atoms with E-state index in [1.807, 2.05) is 20.8 Å². The number of hydrogen-bond donors (Lipinski definition) is 1. The van der Waals surface area contributed by atoms with Crippen molar-refractivity contribution in [2.24, 2.45) is 0 Å². The molecule has 0 bridgehead atoms. The first-order valence-electron chi connectivity index (χ1n) is 8.24. The Kier molecular flexibility index (Phi) is 5.90. The Bertz CT molecular complexity index is 981. The molecule has 0 atom stereocenters. The molecule has 0 unspecified atom stereocenters. The summed E-state index contributed by atoms with van der Waals surface area (Å²) in [7, 11) is 0. The monoisotopic (exact) mass is 390 g/mol. The van der Waals surface area contributed by atoms with E-state index < -0.39 is 11.9 Å². The maximum Gasteiger partial charge on any atom is 0.433 e. The summed E-state index contributed by atoms with van der Waals surface area (Å²) in [5, 5.41) is 3.66. The molecule has 0 fully saturated rings. The second-order valence-corrected chi connectivity index (χ2v) is 7.21. The molecular formula is C21H21F3N2S. The van der Waals surface area contributed by atoms with Crippen LogP contribution in [-0.2, 0) is 6.18 Å². The van der Waals surface area contributed by atoms with Crippen LogP contribution in [0.5, 0.6) is 0 Å². The molecule has 0 amide bonds. The summed E-state index contributed by atoms with van der Waals surface area (Å²) < 4.78 is 40.0. The number of fused-ring (bicyclic) bond motifs is 1. The number of allylic oxidation sites excluding steroid dienone is 2. The lowest BCUT2D eigenvalue weighted by atomic mass is 10.0. The Morgan fingerprint density at radius 2 is 1.70 bits per heavy atom. The topological polar surface area (TPSA) is 24.9 Å². The van der Waals surface area contributed by atoms with E-state index in [1.165, 1.54) is 0 Å². The Balaban J connectivity index is 2.72. The molecule has 1 N–H and O–H groups in total. The number of thiocarbonyl (C=S) groups is 1. The molecule has 0 aliphatic carbocycles. The van der Waals surface area contributed by atoms with Crippen LogP contribution in [0.25, 0.3) is 16.6 Å². The highest BCUT2D eigenvalue weighted by atomic mass is 32.1. The fraction of sp³-hybridized carbons (Fsp3) is 0.238. The molecule has 0 aliphatic rings. The molecule has 1 aromatic heterocycles. The van der Waals surface area contributed by atoms with Gasteiger partial charge in [0.15, 0.2) is 0 Å². The molecule has 142 valence electrons. The van der Waals surface area contributed by atoms with Crippen LogP contribution >= 0.6 is 12.2 Å². The lowest BCUT2D eigenvalue weighted by Gasteiger charge is -2.18.